The second-order valence-electron chi connectivity index (χ2n) is 5.04. The Morgan fingerprint density at radius 3 is 2.63 bits per heavy atom. The predicted octanol–water partition coefficient (Wildman–Crippen LogP) is 3.14. The van der Waals surface area contributed by atoms with E-state index in [0.29, 0.717) is 6.42 Å². The van der Waals surface area contributed by atoms with Crippen molar-refractivity contribution in [1.29, 1.82) is 0 Å². The molecule has 19 heavy (non-hydrogen) atoms. The van der Waals surface area contributed by atoms with Crippen LogP contribution in [-0.4, -0.2) is 23.9 Å². The van der Waals surface area contributed by atoms with Crippen molar-refractivity contribution in [3.8, 4) is 0 Å². The molecule has 0 aliphatic heterocycles. The summed E-state index contributed by atoms with van der Waals surface area (Å²) in [5, 5.41) is 3.30. The van der Waals surface area contributed by atoms with Crippen LogP contribution < -0.4 is 5.32 Å². The number of nitrogens with zero attached hydrogens (tertiary/aromatic N) is 1. The molecule has 1 heterocycles. The lowest BCUT2D eigenvalue weighted by molar-refractivity contribution is -0.116. The number of hydrogen-bond donors (Lipinski definition) is 1. The number of ketones is 1. The summed E-state index contributed by atoms with van der Waals surface area (Å²) in [6, 6.07) is 6.11. The van der Waals surface area contributed by atoms with Crippen LogP contribution in [0.25, 0.3) is 0 Å². The summed E-state index contributed by atoms with van der Waals surface area (Å²) >= 11 is 0. The highest BCUT2D eigenvalue weighted by atomic mass is 16.1. The van der Waals surface area contributed by atoms with Crippen LogP contribution in [0.3, 0.4) is 0 Å². The number of carbonyl (C=O) groups excluding carboxylic acids is 1. The Morgan fingerprint density at radius 2 is 1.89 bits per heavy atom. The van der Waals surface area contributed by atoms with Gasteiger partial charge in [0, 0.05) is 24.9 Å². The van der Waals surface area contributed by atoms with E-state index in [2.05, 4.69) is 22.4 Å². The molecule has 1 N–H and O–H groups in total. The second-order valence-corrected chi connectivity index (χ2v) is 5.04. The number of hydrogen-bond acceptors (Lipinski definition) is 3. The lowest BCUT2D eigenvalue weighted by Gasteiger charge is -2.04. The molecule has 0 amide bonds. The molecule has 106 valence electrons. The standard InChI is InChI=1S/C16H26N2O/c1-15(19)11-14-17-12-7-4-2-3-5-9-16-10-6-8-13-18-16/h6,8,10,13,17H,2-5,7,9,11-12,14H2,1H3. The molecule has 1 aromatic rings. The van der Waals surface area contributed by atoms with Crippen LogP contribution >= 0.6 is 0 Å². The summed E-state index contributed by atoms with van der Waals surface area (Å²) < 4.78 is 0. The van der Waals surface area contributed by atoms with Gasteiger partial charge < -0.3 is 5.32 Å². The summed E-state index contributed by atoms with van der Waals surface area (Å²) in [6.45, 7) is 3.51. The largest absolute Gasteiger partial charge is 0.316 e. The second kappa shape index (κ2) is 10.7. The number of rotatable bonds is 11. The molecule has 0 saturated heterocycles. The van der Waals surface area contributed by atoms with Gasteiger partial charge in [-0.2, -0.15) is 0 Å². The van der Waals surface area contributed by atoms with Gasteiger partial charge in [-0.25, -0.2) is 0 Å². The average Bonchev–Trinajstić information content (AvgIpc) is 2.42. The molecule has 0 aromatic carbocycles. The van der Waals surface area contributed by atoms with Gasteiger partial charge in [0.05, 0.1) is 0 Å². The Kier molecular flexibility index (Phi) is 8.90. The van der Waals surface area contributed by atoms with Crippen molar-refractivity contribution in [2.45, 2.75) is 51.9 Å². The van der Waals surface area contributed by atoms with E-state index in [0.717, 1.165) is 19.5 Å². The minimum absolute atomic E-state index is 0.266. The fourth-order valence-corrected chi connectivity index (χ4v) is 2.02. The third-order valence-electron chi connectivity index (χ3n) is 3.17. The number of aryl methyl sites for hydroxylation is 1. The Bertz CT molecular complexity index is 338. The molecule has 0 bridgehead atoms. The fourth-order valence-electron chi connectivity index (χ4n) is 2.02. The normalized spacial score (nSPS) is 10.6. The first kappa shape index (κ1) is 15.8. The molecule has 0 aliphatic carbocycles. The van der Waals surface area contributed by atoms with Gasteiger partial charge in [0.2, 0.25) is 0 Å². The van der Waals surface area contributed by atoms with E-state index in [1.165, 1.54) is 37.8 Å². The fraction of sp³-hybridized carbons (Fsp3) is 0.625. The van der Waals surface area contributed by atoms with Crippen LogP contribution in [0.15, 0.2) is 24.4 Å². The Hall–Kier alpha value is -1.22. The highest BCUT2D eigenvalue weighted by molar-refractivity contribution is 5.75. The number of carbonyl (C=O) groups is 1. The van der Waals surface area contributed by atoms with Crippen LogP contribution in [0.4, 0.5) is 0 Å². The van der Waals surface area contributed by atoms with Crippen LogP contribution in [0.2, 0.25) is 0 Å². The van der Waals surface area contributed by atoms with Crippen molar-refractivity contribution >= 4 is 5.78 Å². The first-order valence-electron chi connectivity index (χ1n) is 7.39. The third kappa shape index (κ3) is 9.37. The lowest BCUT2D eigenvalue weighted by Crippen LogP contribution is -2.18. The summed E-state index contributed by atoms with van der Waals surface area (Å²) in [4.78, 5) is 15.0. The smallest absolute Gasteiger partial charge is 0.131 e. The zero-order valence-electron chi connectivity index (χ0n) is 12.0. The third-order valence-corrected chi connectivity index (χ3v) is 3.17. The van der Waals surface area contributed by atoms with E-state index in [1.807, 2.05) is 12.3 Å². The first-order chi connectivity index (χ1) is 9.29. The van der Waals surface area contributed by atoms with Gasteiger partial charge in [-0.1, -0.05) is 25.3 Å². The summed E-state index contributed by atoms with van der Waals surface area (Å²) in [5.74, 6) is 0.266. The number of aromatic nitrogens is 1. The lowest BCUT2D eigenvalue weighted by atomic mass is 10.1. The zero-order valence-corrected chi connectivity index (χ0v) is 12.0. The Balaban J connectivity index is 1.83. The molecule has 1 aromatic heterocycles. The molecule has 3 heteroatoms. The van der Waals surface area contributed by atoms with E-state index < -0.39 is 0 Å². The Labute approximate surface area is 116 Å². The van der Waals surface area contributed by atoms with Crippen molar-refractivity contribution < 1.29 is 4.79 Å². The van der Waals surface area contributed by atoms with E-state index in [9.17, 15) is 4.79 Å². The number of Topliss-reactive ketones (excluding diaryl/α,β-unsaturated/α-hetero) is 1. The monoisotopic (exact) mass is 262 g/mol. The van der Waals surface area contributed by atoms with Crippen molar-refractivity contribution in [1.82, 2.24) is 10.3 Å². The van der Waals surface area contributed by atoms with Gasteiger partial charge in [-0.3, -0.25) is 9.78 Å². The summed E-state index contributed by atoms with van der Waals surface area (Å²) in [7, 11) is 0. The highest BCUT2D eigenvalue weighted by Gasteiger charge is 1.95. The summed E-state index contributed by atoms with van der Waals surface area (Å²) in [6.07, 6.45) is 9.90. The van der Waals surface area contributed by atoms with Crippen molar-refractivity contribution in [2.75, 3.05) is 13.1 Å². The maximum atomic E-state index is 10.7. The van der Waals surface area contributed by atoms with Crippen LogP contribution in [-0.2, 0) is 11.2 Å². The topological polar surface area (TPSA) is 42.0 Å². The summed E-state index contributed by atoms with van der Waals surface area (Å²) in [5.41, 5.74) is 1.20. The molecule has 0 saturated carbocycles. The zero-order chi connectivity index (χ0) is 13.8. The van der Waals surface area contributed by atoms with Gasteiger partial charge >= 0.3 is 0 Å². The Morgan fingerprint density at radius 1 is 1.11 bits per heavy atom. The number of pyridine rings is 1. The molecular weight excluding hydrogens is 236 g/mol. The maximum Gasteiger partial charge on any atom is 0.131 e. The van der Waals surface area contributed by atoms with Crippen molar-refractivity contribution in [2.24, 2.45) is 0 Å². The van der Waals surface area contributed by atoms with Gasteiger partial charge in [-0.05, 0) is 44.9 Å². The van der Waals surface area contributed by atoms with Crippen LogP contribution in [0.1, 0.15) is 51.1 Å². The number of nitrogens with one attached hydrogen (secondary N) is 1. The molecular formula is C16H26N2O. The maximum absolute atomic E-state index is 10.7. The molecule has 0 unspecified atom stereocenters. The van der Waals surface area contributed by atoms with Gasteiger partial charge in [0.25, 0.3) is 0 Å². The quantitative estimate of drug-likeness (QED) is 0.623. The van der Waals surface area contributed by atoms with E-state index >= 15 is 0 Å². The molecule has 0 aliphatic rings. The van der Waals surface area contributed by atoms with Crippen molar-refractivity contribution in [3.63, 3.8) is 0 Å². The minimum atomic E-state index is 0.266. The molecule has 3 nitrogen and oxygen atoms in total. The SMILES string of the molecule is CC(=O)CCNCCCCCCCc1ccccn1. The minimum Gasteiger partial charge on any atom is -0.316 e. The molecule has 0 fully saturated rings. The first-order valence-corrected chi connectivity index (χ1v) is 7.39. The molecule has 0 atom stereocenters. The predicted molar refractivity (Wildman–Crippen MR) is 79.2 cm³/mol. The van der Waals surface area contributed by atoms with Crippen LogP contribution in [0, 0.1) is 0 Å². The molecule has 1 rings (SSSR count). The van der Waals surface area contributed by atoms with E-state index in [1.54, 1.807) is 6.92 Å². The number of unbranched alkanes of at least 4 members (excludes halogenated alkanes) is 4. The van der Waals surface area contributed by atoms with Gasteiger partial charge in [-0.15, -0.1) is 0 Å². The highest BCUT2D eigenvalue weighted by Crippen LogP contribution is 2.06. The van der Waals surface area contributed by atoms with E-state index in [4.69, 9.17) is 0 Å². The molecule has 0 radical (unpaired) electrons. The van der Waals surface area contributed by atoms with E-state index in [-0.39, 0.29) is 5.78 Å². The van der Waals surface area contributed by atoms with Gasteiger partial charge in [0.1, 0.15) is 5.78 Å². The molecule has 0 spiro atoms. The van der Waals surface area contributed by atoms with Crippen LogP contribution in [0.5, 0.6) is 0 Å². The average molecular weight is 262 g/mol. The van der Waals surface area contributed by atoms with Gasteiger partial charge in [0.15, 0.2) is 0 Å². The van der Waals surface area contributed by atoms with Crippen molar-refractivity contribution in [3.05, 3.63) is 30.1 Å².